The van der Waals surface area contributed by atoms with Crippen LogP contribution in [-0.2, 0) is 33.9 Å². The summed E-state index contributed by atoms with van der Waals surface area (Å²) < 4.78 is 133. The SMILES string of the molecule is C=COC(=O)C(OCCC(F)(F)C(F)(F)S(=O)(=O)O)(OC(=O)C=C)C(F)(F)F. The van der Waals surface area contributed by atoms with Gasteiger partial charge in [0.1, 0.15) is 0 Å². The van der Waals surface area contributed by atoms with Gasteiger partial charge in [0.05, 0.1) is 12.9 Å². The summed E-state index contributed by atoms with van der Waals surface area (Å²) in [5.41, 5.74) is 0. The van der Waals surface area contributed by atoms with Crippen molar-refractivity contribution in [3.63, 3.8) is 0 Å². The molecule has 0 aromatic carbocycles. The van der Waals surface area contributed by atoms with Gasteiger partial charge < -0.3 is 14.2 Å². The van der Waals surface area contributed by atoms with Crippen LogP contribution in [0.15, 0.2) is 25.5 Å². The Kier molecular flexibility index (Phi) is 7.78. The van der Waals surface area contributed by atoms with Gasteiger partial charge in [-0.15, -0.1) is 0 Å². The Labute approximate surface area is 152 Å². The smallest absolute Gasteiger partial charge is 0.430 e. The third-order valence-corrected chi connectivity index (χ3v) is 3.66. The highest BCUT2D eigenvalue weighted by molar-refractivity contribution is 7.87. The van der Waals surface area contributed by atoms with Gasteiger partial charge in [-0.25, -0.2) is 9.59 Å². The van der Waals surface area contributed by atoms with Crippen molar-refractivity contribution in [3.8, 4) is 0 Å². The molecule has 0 aromatic rings. The van der Waals surface area contributed by atoms with E-state index in [0.717, 1.165) is 0 Å². The van der Waals surface area contributed by atoms with Crippen LogP contribution in [0.3, 0.4) is 0 Å². The molecule has 0 saturated heterocycles. The number of ether oxygens (including phenoxy) is 3. The first kappa shape index (κ1) is 25.8. The zero-order valence-electron chi connectivity index (χ0n) is 13.3. The second-order valence-corrected chi connectivity index (χ2v) is 6.07. The van der Waals surface area contributed by atoms with Crippen LogP contribution < -0.4 is 0 Å². The van der Waals surface area contributed by atoms with Crippen LogP contribution in [0, 0.1) is 0 Å². The standard InChI is InChI=1S/C12H11F7O8S/c1-3-7(20)27-10(11(15,16)17,8(21)25-4-2)26-6-5-9(13,14)12(18,19)28(22,23)24/h3-4H,1-2,5-6H2,(H,22,23,24). The van der Waals surface area contributed by atoms with Gasteiger partial charge in [-0.3, -0.25) is 4.55 Å². The van der Waals surface area contributed by atoms with E-state index in [0.29, 0.717) is 0 Å². The summed E-state index contributed by atoms with van der Waals surface area (Å²) in [4.78, 5) is 22.7. The Morgan fingerprint density at radius 3 is 1.89 bits per heavy atom. The van der Waals surface area contributed by atoms with Crippen molar-refractivity contribution < 1.29 is 67.5 Å². The fourth-order valence-corrected chi connectivity index (χ4v) is 1.86. The highest BCUT2D eigenvalue weighted by atomic mass is 32.2. The molecule has 0 spiro atoms. The van der Waals surface area contributed by atoms with E-state index in [2.05, 4.69) is 27.4 Å². The monoisotopic (exact) mass is 448 g/mol. The number of halogens is 7. The van der Waals surface area contributed by atoms with Crippen molar-refractivity contribution in [2.75, 3.05) is 6.61 Å². The van der Waals surface area contributed by atoms with Gasteiger partial charge >= 0.3 is 45.2 Å². The summed E-state index contributed by atoms with van der Waals surface area (Å²) >= 11 is 0. The molecule has 1 atom stereocenters. The van der Waals surface area contributed by atoms with Gasteiger partial charge in [0.2, 0.25) is 0 Å². The van der Waals surface area contributed by atoms with Gasteiger partial charge in [0.15, 0.2) is 0 Å². The van der Waals surface area contributed by atoms with Crippen LogP contribution in [0.2, 0.25) is 0 Å². The number of hydrogen-bond donors (Lipinski definition) is 1. The van der Waals surface area contributed by atoms with E-state index < -0.39 is 58.2 Å². The molecular weight excluding hydrogens is 437 g/mol. The highest BCUT2D eigenvalue weighted by Crippen LogP contribution is 2.42. The summed E-state index contributed by atoms with van der Waals surface area (Å²) in [6, 6.07) is 0. The highest BCUT2D eigenvalue weighted by Gasteiger charge is 2.69. The second kappa shape index (κ2) is 8.44. The van der Waals surface area contributed by atoms with E-state index in [-0.39, 0.29) is 12.3 Å². The average molecular weight is 448 g/mol. The Morgan fingerprint density at radius 1 is 1.04 bits per heavy atom. The first-order valence-corrected chi connectivity index (χ1v) is 7.94. The van der Waals surface area contributed by atoms with Gasteiger partial charge in [0.25, 0.3) is 0 Å². The van der Waals surface area contributed by atoms with Crippen molar-refractivity contribution in [1.82, 2.24) is 0 Å². The number of carbonyl (C=O) groups excluding carboxylic acids is 2. The lowest BCUT2D eigenvalue weighted by Gasteiger charge is -2.32. The van der Waals surface area contributed by atoms with Gasteiger partial charge in [-0.05, 0) is 0 Å². The summed E-state index contributed by atoms with van der Waals surface area (Å²) in [6.07, 6.45) is -8.21. The molecule has 0 bridgehead atoms. The minimum atomic E-state index is -6.67. The van der Waals surface area contributed by atoms with Crippen LogP contribution in [-0.4, -0.2) is 54.7 Å². The van der Waals surface area contributed by atoms with Crippen molar-refractivity contribution in [1.29, 1.82) is 0 Å². The molecule has 0 saturated carbocycles. The van der Waals surface area contributed by atoms with Gasteiger partial charge in [-0.2, -0.15) is 39.2 Å². The van der Waals surface area contributed by atoms with E-state index in [1.807, 2.05) is 0 Å². The minimum absolute atomic E-state index is 0.117. The van der Waals surface area contributed by atoms with Gasteiger partial charge in [0, 0.05) is 12.5 Å². The second-order valence-electron chi connectivity index (χ2n) is 4.61. The van der Waals surface area contributed by atoms with E-state index in [1.54, 1.807) is 0 Å². The molecule has 1 N–H and O–H groups in total. The summed E-state index contributed by atoms with van der Waals surface area (Å²) in [7, 11) is -6.67. The molecule has 1 unspecified atom stereocenters. The third-order valence-electron chi connectivity index (χ3n) is 2.71. The first-order valence-electron chi connectivity index (χ1n) is 6.50. The molecule has 28 heavy (non-hydrogen) atoms. The molecule has 0 radical (unpaired) electrons. The summed E-state index contributed by atoms with van der Waals surface area (Å²) in [6.45, 7) is 3.35. The zero-order valence-corrected chi connectivity index (χ0v) is 14.2. The largest absolute Gasteiger partial charge is 0.468 e. The Morgan fingerprint density at radius 2 is 1.54 bits per heavy atom. The fraction of sp³-hybridized carbons (Fsp3) is 0.500. The predicted molar refractivity (Wildman–Crippen MR) is 73.4 cm³/mol. The quantitative estimate of drug-likeness (QED) is 0.135. The number of carbonyl (C=O) groups is 2. The maximum atomic E-state index is 13.3. The summed E-state index contributed by atoms with van der Waals surface area (Å²) in [5.74, 6) is -14.8. The van der Waals surface area contributed by atoms with Crippen LogP contribution in [0.25, 0.3) is 0 Å². The van der Waals surface area contributed by atoms with Crippen molar-refractivity contribution in [2.45, 2.75) is 29.6 Å². The predicted octanol–water partition coefficient (Wildman–Crippen LogP) is 2.18. The molecule has 0 rings (SSSR count). The molecule has 0 aliphatic heterocycles. The Hall–Kier alpha value is -2.20. The van der Waals surface area contributed by atoms with E-state index in [9.17, 15) is 48.7 Å². The van der Waals surface area contributed by atoms with Crippen LogP contribution >= 0.6 is 0 Å². The molecular formula is C12H11F7O8S. The molecule has 0 heterocycles. The first-order chi connectivity index (χ1) is 12.4. The van der Waals surface area contributed by atoms with Crippen LogP contribution in [0.1, 0.15) is 6.42 Å². The maximum absolute atomic E-state index is 13.3. The number of hydrogen-bond acceptors (Lipinski definition) is 7. The van der Waals surface area contributed by atoms with Crippen molar-refractivity contribution >= 4 is 22.1 Å². The van der Waals surface area contributed by atoms with E-state index >= 15 is 0 Å². The average Bonchev–Trinajstić information content (AvgIpc) is 2.51. The lowest BCUT2D eigenvalue weighted by atomic mass is 10.2. The van der Waals surface area contributed by atoms with Crippen LogP contribution in [0.5, 0.6) is 0 Å². The number of alkyl halides is 7. The zero-order chi connectivity index (χ0) is 22.6. The molecule has 0 aliphatic rings. The molecule has 0 amide bonds. The summed E-state index contributed by atoms with van der Waals surface area (Å²) in [5, 5.41) is -6.11. The molecule has 8 nitrogen and oxygen atoms in total. The topological polar surface area (TPSA) is 116 Å². The lowest BCUT2D eigenvalue weighted by molar-refractivity contribution is -0.355. The molecule has 0 fully saturated rings. The van der Waals surface area contributed by atoms with Crippen molar-refractivity contribution in [2.24, 2.45) is 0 Å². The third kappa shape index (κ3) is 5.20. The molecule has 0 aliphatic carbocycles. The van der Waals surface area contributed by atoms with Crippen LogP contribution in [0.4, 0.5) is 30.7 Å². The van der Waals surface area contributed by atoms with Crippen molar-refractivity contribution in [3.05, 3.63) is 25.5 Å². The molecule has 16 heteroatoms. The lowest BCUT2D eigenvalue weighted by Crippen LogP contribution is -2.58. The fourth-order valence-electron chi connectivity index (χ4n) is 1.38. The Balaban J connectivity index is 5.86. The van der Waals surface area contributed by atoms with E-state index in [1.165, 1.54) is 0 Å². The number of esters is 2. The number of rotatable bonds is 10. The van der Waals surface area contributed by atoms with Gasteiger partial charge in [-0.1, -0.05) is 13.2 Å². The normalized spacial score (nSPS) is 15.3. The van der Waals surface area contributed by atoms with E-state index in [4.69, 9.17) is 4.55 Å². The maximum Gasteiger partial charge on any atom is 0.468 e. The molecule has 162 valence electrons. The molecule has 0 aromatic heterocycles. The Bertz CT molecular complexity index is 731. The minimum Gasteiger partial charge on any atom is -0.430 e.